The second-order valence-corrected chi connectivity index (χ2v) is 9.68. The lowest BCUT2D eigenvalue weighted by atomic mass is 9.96. The summed E-state index contributed by atoms with van der Waals surface area (Å²) in [6, 6.07) is 3.53. The Hall–Kier alpha value is -3.14. The van der Waals surface area contributed by atoms with Crippen molar-refractivity contribution in [2.24, 2.45) is 5.73 Å². The van der Waals surface area contributed by atoms with E-state index >= 15 is 0 Å². The Bertz CT molecular complexity index is 1080. The van der Waals surface area contributed by atoms with Gasteiger partial charge in [-0.1, -0.05) is 17.7 Å². The van der Waals surface area contributed by atoms with Crippen molar-refractivity contribution in [3.05, 3.63) is 52.8 Å². The maximum Gasteiger partial charge on any atom is 0.524 e. The third kappa shape index (κ3) is 9.20. The number of nitrogens with two attached hydrogens (primary N) is 1. The largest absolute Gasteiger partial charge is 0.524 e. The summed E-state index contributed by atoms with van der Waals surface area (Å²) in [6.07, 6.45) is 3.76. The molecule has 0 radical (unpaired) electrons. The molecule has 0 aliphatic heterocycles. The lowest BCUT2D eigenvalue weighted by Gasteiger charge is -2.24. The molecule has 1 aromatic rings. The Balaban J connectivity index is 2.15. The fourth-order valence-electron chi connectivity index (χ4n) is 3.54. The number of hydrogen-bond donors (Lipinski definition) is 5. The first-order chi connectivity index (χ1) is 16.2. The van der Waals surface area contributed by atoms with Gasteiger partial charge in [0, 0.05) is 13.3 Å². The van der Waals surface area contributed by atoms with Crippen molar-refractivity contribution < 1.29 is 38.0 Å². The first-order valence-electron chi connectivity index (χ1n) is 11.1. The number of carbonyl (C=O) groups is 3. The van der Waals surface area contributed by atoms with E-state index in [1.54, 1.807) is 31.2 Å². The Morgan fingerprint density at radius 3 is 2.31 bits per heavy atom. The van der Waals surface area contributed by atoms with Crippen LogP contribution in [0.2, 0.25) is 0 Å². The van der Waals surface area contributed by atoms with Crippen LogP contribution < -0.4 is 21.1 Å². The van der Waals surface area contributed by atoms with E-state index in [1.165, 1.54) is 13.0 Å². The van der Waals surface area contributed by atoms with E-state index in [0.29, 0.717) is 17.7 Å². The average molecular weight is 509 g/mol. The topological polar surface area (TPSA) is 177 Å². The SMILES string of the molecule is CC(=O)NC(CC1=CC=C(OP(=O)(O)O)CC1)C(=O)NC(C)c1ccc(OC(C)C)c(C(N)=O)c1. The predicted octanol–water partition coefficient (Wildman–Crippen LogP) is 2.36. The lowest BCUT2D eigenvalue weighted by Crippen LogP contribution is -2.47. The van der Waals surface area contributed by atoms with Crippen molar-refractivity contribution in [1.29, 1.82) is 0 Å². The summed E-state index contributed by atoms with van der Waals surface area (Å²) in [6.45, 7) is 6.69. The molecule has 6 N–H and O–H groups in total. The van der Waals surface area contributed by atoms with Gasteiger partial charge in [-0.2, -0.15) is 0 Å². The van der Waals surface area contributed by atoms with E-state index in [-0.39, 0.29) is 36.2 Å². The number of carbonyl (C=O) groups excluding carboxylic acids is 3. The highest BCUT2D eigenvalue weighted by Crippen LogP contribution is 2.41. The molecule has 2 atom stereocenters. The maximum atomic E-state index is 13.0. The van der Waals surface area contributed by atoms with E-state index in [0.717, 1.165) is 5.57 Å². The molecule has 11 nitrogen and oxygen atoms in total. The summed E-state index contributed by atoms with van der Waals surface area (Å²) in [5.74, 6) is -0.979. The number of phosphoric acid groups is 1. The third-order valence-corrected chi connectivity index (χ3v) is 5.56. The fraction of sp³-hybridized carbons (Fsp3) is 0.435. The minimum absolute atomic E-state index is 0.145. The summed E-state index contributed by atoms with van der Waals surface area (Å²) in [5.41, 5.74) is 7.12. The highest BCUT2D eigenvalue weighted by atomic mass is 31.2. The van der Waals surface area contributed by atoms with Crippen LogP contribution in [0.1, 0.15) is 68.9 Å². The van der Waals surface area contributed by atoms with Crippen LogP contribution in [-0.4, -0.2) is 39.7 Å². The van der Waals surface area contributed by atoms with Gasteiger partial charge in [-0.15, -0.1) is 0 Å². The summed E-state index contributed by atoms with van der Waals surface area (Å²) >= 11 is 0. The monoisotopic (exact) mass is 509 g/mol. The van der Waals surface area contributed by atoms with Crippen LogP contribution in [0.25, 0.3) is 0 Å². The molecule has 1 aliphatic rings. The van der Waals surface area contributed by atoms with Crippen molar-refractivity contribution in [1.82, 2.24) is 10.6 Å². The van der Waals surface area contributed by atoms with Crippen molar-refractivity contribution in [3.63, 3.8) is 0 Å². The van der Waals surface area contributed by atoms with Gasteiger partial charge in [0.05, 0.1) is 17.7 Å². The zero-order valence-corrected chi connectivity index (χ0v) is 21.0. The Morgan fingerprint density at radius 2 is 1.80 bits per heavy atom. The second-order valence-electron chi connectivity index (χ2n) is 8.51. The predicted molar refractivity (Wildman–Crippen MR) is 128 cm³/mol. The standard InChI is InChI=1S/C23H32N3O8P/c1-13(2)33-21-10-7-17(12-19(21)22(24)28)14(3)25-23(29)20(26-15(4)27)11-16-5-8-18(9-6-16)34-35(30,31)32/h5,7-8,10,12-14,20H,6,9,11H2,1-4H3,(H2,24,28)(H,25,29)(H,26,27)(H2,30,31,32). The molecule has 0 spiro atoms. The average Bonchev–Trinajstić information content (AvgIpc) is 2.72. The molecule has 0 aromatic heterocycles. The molecule has 3 amide bonds. The van der Waals surface area contributed by atoms with Crippen molar-refractivity contribution in [2.45, 2.75) is 65.1 Å². The highest BCUT2D eigenvalue weighted by Gasteiger charge is 2.25. The van der Waals surface area contributed by atoms with Crippen LogP contribution in [0, 0.1) is 0 Å². The van der Waals surface area contributed by atoms with Gasteiger partial charge in [0.15, 0.2) is 0 Å². The zero-order valence-electron chi connectivity index (χ0n) is 20.1. The van der Waals surface area contributed by atoms with Gasteiger partial charge in [0.25, 0.3) is 5.91 Å². The number of amides is 3. The number of rotatable bonds is 11. The summed E-state index contributed by atoms with van der Waals surface area (Å²) in [7, 11) is -4.64. The van der Waals surface area contributed by atoms with Crippen LogP contribution in [0.4, 0.5) is 0 Å². The highest BCUT2D eigenvalue weighted by molar-refractivity contribution is 7.46. The normalized spacial score (nSPS) is 15.4. The molecule has 2 rings (SSSR count). The van der Waals surface area contributed by atoms with Gasteiger partial charge in [0.2, 0.25) is 11.8 Å². The smallest absolute Gasteiger partial charge is 0.490 e. The molecule has 192 valence electrons. The van der Waals surface area contributed by atoms with Crippen LogP contribution in [0.3, 0.4) is 0 Å². The van der Waals surface area contributed by atoms with Gasteiger partial charge >= 0.3 is 7.82 Å². The van der Waals surface area contributed by atoms with Crippen LogP contribution >= 0.6 is 7.82 Å². The van der Waals surface area contributed by atoms with E-state index in [1.807, 2.05) is 13.8 Å². The van der Waals surface area contributed by atoms with E-state index < -0.39 is 31.7 Å². The first kappa shape index (κ1) is 28.1. The zero-order chi connectivity index (χ0) is 26.3. The van der Waals surface area contributed by atoms with Crippen molar-refractivity contribution in [2.75, 3.05) is 0 Å². The molecule has 2 unspecified atom stereocenters. The molecule has 0 bridgehead atoms. The second kappa shape index (κ2) is 12.0. The summed E-state index contributed by atoms with van der Waals surface area (Å²) in [5, 5.41) is 5.47. The molecule has 0 saturated carbocycles. The maximum absolute atomic E-state index is 13.0. The van der Waals surface area contributed by atoms with Gasteiger partial charge in [-0.25, -0.2) is 4.57 Å². The Morgan fingerprint density at radius 1 is 1.11 bits per heavy atom. The molecular weight excluding hydrogens is 477 g/mol. The number of nitrogens with one attached hydrogen (secondary N) is 2. The molecule has 1 aromatic carbocycles. The van der Waals surface area contributed by atoms with Crippen LogP contribution in [0.15, 0.2) is 41.7 Å². The minimum atomic E-state index is -4.64. The number of allylic oxidation sites excluding steroid dienone is 3. The molecule has 0 fully saturated rings. The Labute approximate surface area is 204 Å². The fourth-order valence-corrected chi connectivity index (χ4v) is 4.00. The lowest BCUT2D eigenvalue weighted by molar-refractivity contribution is -0.128. The van der Waals surface area contributed by atoms with Gasteiger partial charge in [0.1, 0.15) is 17.6 Å². The van der Waals surface area contributed by atoms with Crippen molar-refractivity contribution >= 4 is 25.5 Å². The van der Waals surface area contributed by atoms with Crippen LogP contribution in [-0.2, 0) is 18.7 Å². The Kier molecular flexibility index (Phi) is 9.64. The summed E-state index contributed by atoms with van der Waals surface area (Å²) in [4.78, 5) is 54.5. The summed E-state index contributed by atoms with van der Waals surface area (Å²) < 4.78 is 21.2. The quantitative estimate of drug-likeness (QED) is 0.282. The van der Waals surface area contributed by atoms with Crippen LogP contribution in [0.5, 0.6) is 5.75 Å². The van der Waals surface area contributed by atoms with E-state index in [2.05, 4.69) is 15.2 Å². The van der Waals surface area contributed by atoms with Gasteiger partial charge in [-0.3, -0.25) is 24.2 Å². The first-order valence-corrected chi connectivity index (χ1v) is 12.6. The van der Waals surface area contributed by atoms with E-state index in [4.69, 9.17) is 20.3 Å². The van der Waals surface area contributed by atoms with E-state index in [9.17, 15) is 18.9 Å². The number of phosphoric ester groups is 1. The molecular formula is C23H32N3O8P. The number of ether oxygens (including phenoxy) is 1. The molecule has 35 heavy (non-hydrogen) atoms. The van der Waals surface area contributed by atoms with Gasteiger partial charge < -0.3 is 25.6 Å². The van der Waals surface area contributed by atoms with Gasteiger partial charge in [-0.05, 0) is 57.4 Å². The number of benzene rings is 1. The number of primary amides is 1. The third-order valence-electron chi connectivity index (χ3n) is 5.08. The number of hydrogen-bond acceptors (Lipinski definition) is 6. The molecule has 0 heterocycles. The van der Waals surface area contributed by atoms with Crippen molar-refractivity contribution in [3.8, 4) is 5.75 Å². The molecule has 0 saturated heterocycles. The molecule has 1 aliphatic carbocycles. The minimum Gasteiger partial charge on any atom is -0.490 e. The molecule has 12 heteroatoms.